The summed E-state index contributed by atoms with van der Waals surface area (Å²) in [5.41, 5.74) is 0.681. The summed E-state index contributed by atoms with van der Waals surface area (Å²) in [5, 5.41) is 6.57. The van der Waals surface area contributed by atoms with Crippen molar-refractivity contribution in [2.45, 2.75) is 32.6 Å². The van der Waals surface area contributed by atoms with Gasteiger partial charge in [0.15, 0.2) is 0 Å². The number of rotatable bonds is 3. The summed E-state index contributed by atoms with van der Waals surface area (Å²) >= 11 is 5.92. The van der Waals surface area contributed by atoms with Crippen LogP contribution in [0.15, 0.2) is 24.3 Å². The maximum absolute atomic E-state index is 12.9. The number of halogens is 1. The van der Waals surface area contributed by atoms with Crippen molar-refractivity contribution in [1.29, 1.82) is 0 Å². The Morgan fingerprint density at radius 1 is 1.14 bits per heavy atom. The van der Waals surface area contributed by atoms with Gasteiger partial charge in [-0.3, -0.25) is 4.79 Å². The number of benzene rings is 1. The first-order valence-corrected chi connectivity index (χ1v) is 11.1. The van der Waals surface area contributed by atoms with Crippen molar-refractivity contribution < 1.29 is 9.59 Å². The summed E-state index contributed by atoms with van der Waals surface area (Å²) in [6.07, 6.45) is 4.00. The van der Waals surface area contributed by atoms with E-state index in [4.69, 9.17) is 11.6 Å². The highest BCUT2D eigenvalue weighted by Crippen LogP contribution is 2.62. The molecule has 1 aromatic rings. The number of carbonyl (C=O) groups excluding carboxylic acids is 2. The predicted octanol–water partition coefficient (Wildman–Crippen LogP) is 3.43. The van der Waals surface area contributed by atoms with Crippen LogP contribution >= 0.6 is 11.6 Å². The number of piperidine rings is 1. The summed E-state index contributed by atoms with van der Waals surface area (Å²) in [6, 6.07) is 7.13. The molecule has 2 atom stereocenters. The Labute approximate surface area is 177 Å². The fraction of sp³-hybridized carbons (Fsp3) is 0.636. The third-order valence-corrected chi connectivity index (χ3v) is 7.94. The summed E-state index contributed by atoms with van der Waals surface area (Å²) in [5.74, 6) is 0.592. The molecule has 0 unspecified atom stereocenters. The van der Waals surface area contributed by atoms with Gasteiger partial charge in [-0.1, -0.05) is 18.5 Å². The van der Waals surface area contributed by atoms with Gasteiger partial charge in [0.1, 0.15) is 0 Å². The molecule has 6 nitrogen and oxygen atoms in total. The zero-order chi connectivity index (χ0) is 20.6. The van der Waals surface area contributed by atoms with Crippen LogP contribution in [0.3, 0.4) is 0 Å². The third kappa shape index (κ3) is 3.50. The molecular formula is C22H31ClN4O2. The van der Waals surface area contributed by atoms with Gasteiger partial charge < -0.3 is 20.4 Å². The standard InChI is InChI=1S/C22H31ClN4O2/c1-3-26-14-18-21(8-9-22(18,15-26)19(28)24-2)10-12-27(13-11-21)20(29)25-17-6-4-16(23)5-7-17/h4-7,18H,3,8-15H2,1-2H3,(H,24,28)(H,25,29)/t18-,22+/m1/s1. The fourth-order valence-corrected chi connectivity index (χ4v) is 6.13. The first-order chi connectivity index (χ1) is 13.9. The van der Waals surface area contributed by atoms with E-state index in [0.717, 1.165) is 64.1 Å². The molecule has 2 N–H and O–H groups in total. The molecule has 158 valence electrons. The number of carbonyl (C=O) groups is 2. The number of nitrogens with one attached hydrogen (secondary N) is 2. The first-order valence-electron chi connectivity index (χ1n) is 10.7. The molecule has 29 heavy (non-hydrogen) atoms. The molecule has 1 aliphatic carbocycles. The first kappa shape index (κ1) is 20.5. The topological polar surface area (TPSA) is 64.7 Å². The molecule has 0 radical (unpaired) electrons. The van der Waals surface area contributed by atoms with Crippen LogP contribution in [0.5, 0.6) is 0 Å². The highest BCUT2D eigenvalue weighted by molar-refractivity contribution is 6.30. The van der Waals surface area contributed by atoms with Gasteiger partial charge in [0.05, 0.1) is 5.41 Å². The molecule has 1 saturated carbocycles. The van der Waals surface area contributed by atoms with E-state index in [-0.39, 0.29) is 22.8 Å². The number of urea groups is 1. The van der Waals surface area contributed by atoms with E-state index >= 15 is 0 Å². The quantitative estimate of drug-likeness (QED) is 0.790. The van der Waals surface area contributed by atoms with Crippen LogP contribution in [0.25, 0.3) is 0 Å². The molecule has 2 saturated heterocycles. The summed E-state index contributed by atoms with van der Waals surface area (Å²) in [4.78, 5) is 29.9. The average Bonchev–Trinajstić information content (AvgIpc) is 3.26. The van der Waals surface area contributed by atoms with Gasteiger partial charge in [-0.2, -0.15) is 0 Å². The molecule has 0 bridgehead atoms. The summed E-state index contributed by atoms with van der Waals surface area (Å²) in [7, 11) is 1.76. The monoisotopic (exact) mass is 418 g/mol. The van der Waals surface area contributed by atoms with E-state index in [2.05, 4.69) is 22.5 Å². The Bertz CT molecular complexity index is 776. The van der Waals surface area contributed by atoms with Gasteiger partial charge in [-0.25, -0.2) is 4.79 Å². The molecule has 4 rings (SSSR count). The Kier molecular flexibility index (Phi) is 5.51. The minimum absolute atomic E-state index is 0.0562. The lowest BCUT2D eigenvalue weighted by Crippen LogP contribution is -2.50. The fourth-order valence-electron chi connectivity index (χ4n) is 6.01. The van der Waals surface area contributed by atoms with Gasteiger partial charge >= 0.3 is 6.03 Å². The lowest BCUT2D eigenvalue weighted by Gasteiger charge is -2.44. The van der Waals surface area contributed by atoms with E-state index in [9.17, 15) is 9.59 Å². The van der Waals surface area contributed by atoms with Gasteiger partial charge in [-0.15, -0.1) is 0 Å². The van der Waals surface area contributed by atoms with Crippen LogP contribution in [-0.4, -0.2) is 61.5 Å². The number of nitrogens with zero attached hydrogens (tertiary/aromatic N) is 2. The second kappa shape index (κ2) is 7.80. The SMILES string of the molecule is CCN1C[C@@H]2C3(CCN(C(=O)Nc4ccc(Cl)cc4)CC3)CC[C@]2(C(=O)NC)C1. The maximum atomic E-state index is 12.9. The average molecular weight is 419 g/mol. The molecule has 7 heteroatoms. The van der Waals surface area contributed by atoms with Gasteiger partial charge in [0.2, 0.25) is 5.91 Å². The van der Waals surface area contributed by atoms with Crippen LogP contribution in [0.4, 0.5) is 10.5 Å². The Morgan fingerprint density at radius 2 is 1.83 bits per heavy atom. The second-order valence-corrected chi connectivity index (χ2v) is 9.34. The molecule has 2 aliphatic heterocycles. The highest BCUT2D eigenvalue weighted by Gasteiger charge is 2.63. The molecule has 3 amide bonds. The third-order valence-electron chi connectivity index (χ3n) is 7.69. The zero-order valence-corrected chi connectivity index (χ0v) is 18.1. The van der Waals surface area contributed by atoms with E-state index in [0.29, 0.717) is 10.9 Å². The Hall–Kier alpha value is -1.79. The largest absolute Gasteiger partial charge is 0.359 e. The Morgan fingerprint density at radius 3 is 2.45 bits per heavy atom. The van der Waals surface area contributed by atoms with Crippen LogP contribution in [0.2, 0.25) is 5.02 Å². The molecule has 1 spiro atoms. The number of likely N-dealkylation sites (tertiary alicyclic amines) is 2. The molecule has 3 aliphatic rings. The van der Waals surface area contributed by atoms with Gasteiger partial charge in [0, 0.05) is 43.9 Å². The molecular weight excluding hydrogens is 388 g/mol. The zero-order valence-electron chi connectivity index (χ0n) is 17.3. The van der Waals surface area contributed by atoms with Crippen LogP contribution in [0.1, 0.15) is 32.6 Å². The Balaban J connectivity index is 1.43. The van der Waals surface area contributed by atoms with E-state index in [1.165, 1.54) is 0 Å². The molecule has 1 aromatic carbocycles. The predicted molar refractivity (Wildman–Crippen MR) is 115 cm³/mol. The van der Waals surface area contributed by atoms with E-state index in [1.807, 2.05) is 17.0 Å². The van der Waals surface area contributed by atoms with Gasteiger partial charge in [0.25, 0.3) is 0 Å². The minimum atomic E-state index is -0.251. The lowest BCUT2D eigenvalue weighted by molar-refractivity contribution is -0.132. The van der Waals surface area contributed by atoms with Crippen LogP contribution in [0, 0.1) is 16.7 Å². The number of hydrogen-bond acceptors (Lipinski definition) is 3. The number of anilines is 1. The number of amides is 3. The van der Waals surface area contributed by atoms with Crippen LogP contribution < -0.4 is 10.6 Å². The summed E-state index contributed by atoms with van der Waals surface area (Å²) < 4.78 is 0. The highest BCUT2D eigenvalue weighted by atomic mass is 35.5. The van der Waals surface area contributed by atoms with Gasteiger partial charge in [-0.05, 0) is 67.8 Å². The maximum Gasteiger partial charge on any atom is 0.321 e. The van der Waals surface area contributed by atoms with Crippen molar-refractivity contribution >= 4 is 29.2 Å². The van der Waals surface area contributed by atoms with Crippen molar-refractivity contribution in [3.63, 3.8) is 0 Å². The molecule has 2 heterocycles. The lowest BCUT2D eigenvalue weighted by atomic mass is 9.65. The second-order valence-electron chi connectivity index (χ2n) is 8.90. The minimum Gasteiger partial charge on any atom is -0.359 e. The van der Waals surface area contributed by atoms with Crippen LogP contribution in [-0.2, 0) is 4.79 Å². The van der Waals surface area contributed by atoms with Crippen molar-refractivity contribution in [2.24, 2.45) is 16.7 Å². The van der Waals surface area contributed by atoms with Crippen molar-refractivity contribution in [3.8, 4) is 0 Å². The van der Waals surface area contributed by atoms with Crippen molar-refractivity contribution in [2.75, 3.05) is 45.1 Å². The van der Waals surface area contributed by atoms with E-state index in [1.54, 1.807) is 19.2 Å². The van der Waals surface area contributed by atoms with Crippen molar-refractivity contribution in [3.05, 3.63) is 29.3 Å². The summed E-state index contributed by atoms with van der Waals surface area (Å²) in [6.45, 7) is 6.52. The molecule has 3 fully saturated rings. The van der Waals surface area contributed by atoms with Crippen molar-refractivity contribution in [1.82, 2.24) is 15.1 Å². The number of fused-ring (bicyclic) bond motifs is 2. The number of hydrogen-bond donors (Lipinski definition) is 2. The van der Waals surface area contributed by atoms with E-state index < -0.39 is 0 Å². The molecule has 0 aromatic heterocycles. The normalized spacial score (nSPS) is 28.4. The smallest absolute Gasteiger partial charge is 0.321 e.